The van der Waals surface area contributed by atoms with E-state index in [-0.39, 0.29) is 135 Å². The standard InChI is InChI=1S/C80H98N2O13S2/c1-43(2)44(3)64-66(95-64)78(92)20-8-12-50-29-57-58-33-62(86)74(37-63(87)72(91,41-84)38-69(57,74)4)68(90)97-96-42-70-18-7-13-52-28-51-11-5-6-19-76(51)56-32-60-47(10-9-23-94-60)26-48(56)36-77(52,81-76)59-30-53-27-49-15-14-46(34-70)35-71(49,40-83)80(70)67(89)82(39-75(53,80)65(59)88)54-24-45(25-55(85)31-54)16-21-73(50)61(78)17-22-79(58,73)93/h8-10,12,14-15,24-28,31,33,43-44,46,48,50-51,53,56-57,59-61,63-66,68,81,83-85,87-88,90-93H,5-6,11,16-23,29-30,32,34-42H2,1-4H3/t44-,46-,48+,50-,51+,53+,56+,57+,59+,60+,61+,63-,64+,65-,66-,68-,69-,70+,71-,72-,73-,74+,75+,76+,77+,78-,79-,80+/m1/s1. The molecule has 8 heterocycles. The zero-order chi connectivity index (χ0) is 67.0. The second kappa shape index (κ2) is 20.7. The Bertz CT molecular complexity index is 3930. The van der Waals surface area contributed by atoms with Crippen LogP contribution in [-0.2, 0) is 25.5 Å². The molecule has 3 saturated heterocycles. The van der Waals surface area contributed by atoms with E-state index < -0.39 is 120 Å². The van der Waals surface area contributed by atoms with Crippen molar-refractivity contribution in [1.29, 1.82) is 0 Å². The Morgan fingerprint density at radius 1 is 0.856 bits per heavy atom. The van der Waals surface area contributed by atoms with Crippen LogP contribution in [0.15, 0.2) is 101 Å². The fraction of sp³-hybridized carbons (Fsp3) is 0.700. The van der Waals surface area contributed by atoms with Gasteiger partial charge in [-0.15, -0.1) is 0 Å². The smallest absolute Gasteiger partial charge is 0.235 e. The normalized spacial score (nSPS) is 53.6. The van der Waals surface area contributed by atoms with Crippen molar-refractivity contribution in [3.05, 3.63) is 107 Å². The molecule has 20 aliphatic rings. The highest BCUT2D eigenvalue weighted by Crippen LogP contribution is 2.85. The van der Waals surface area contributed by atoms with Crippen molar-refractivity contribution in [2.45, 2.75) is 207 Å². The third-order valence-electron chi connectivity index (χ3n) is 32.4. The number of carbonyl (C=O) groups excluding carboxylic acids is 2. The van der Waals surface area contributed by atoms with E-state index in [0.29, 0.717) is 62.0 Å². The van der Waals surface area contributed by atoms with Crippen molar-refractivity contribution < 1.29 is 65.0 Å². The molecular weight excluding hydrogens is 1260 g/mol. The van der Waals surface area contributed by atoms with Crippen LogP contribution in [0.2, 0.25) is 0 Å². The average Bonchev–Trinajstić information content (AvgIpc) is 1.48. The molecule has 10 N–H and O–H groups in total. The van der Waals surface area contributed by atoms with E-state index in [4.69, 9.17) is 9.47 Å². The summed E-state index contributed by atoms with van der Waals surface area (Å²) in [4.78, 5) is 36.4. The van der Waals surface area contributed by atoms with Gasteiger partial charge in [0, 0.05) is 75.1 Å². The zero-order valence-corrected chi connectivity index (χ0v) is 58.1. The molecule has 14 bridgehead atoms. The SMILES string of the molecule is CC(C)[C@@H](C)[C@@H]1O[C@H]1[C@@]1(O)CC=C[C@@H]2C[C@H]3C4=CC(=O)[C@@]5(C[C@@H](O)[C@](O)(CO)C[C@]35C)[C@H](O)SSC[C@]35CC#CC6=C[C@@H]7CCCC[C@]78N[C@]6(C[C@@H]6C=C7C=CCO[C@H]7C[C@@H]68)[C@H]6C[C@@H]7C=C8C=C[C@H](C3)C[C@]8(CO)[C@]53C(=O)N(C[C@@]73[C@@H]6O)c3cc(O)cc(c3)CC[C@]23[C@@H]1CC[C@@]43O. The van der Waals surface area contributed by atoms with Gasteiger partial charge in [0.1, 0.15) is 28.5 Å². The van der Waals surface area contributed by atoms with Crippen LogP contribution < -0.4 is 10.2 Å². The fourth-order valence-electron chi connectivity index (χ4n) is 28.3. The fourth-order valence-corrected chi connectivity index (χ4v) is 31.5. The summed E-state index contributed by atoms with van der Waals surface area (Å²) < 4.78 is 13.2. The number of epoxide rings is 1. The number of aliphatic hydroxyl groups is 8. The maximum Gasteiger partial charge on any atom is 0.235 e. The first-order valence-electron chi connectivity index (χ1n) is 37.2. The number of aliphatic hydroxyl groups excluding tert-OH is 5. The second-order valence-corrected chi connectivity index (χ2v) is 38.1. The molecule has 8 aliphatic heterocycles. The van der Waals surface area contributed by atoms with Crippen molar-refractivity contribution in [1.82, 2.24) is 5.32 Å². The van der Waals surface area contributed by atoms with Crippen LogP contribution >= 0.6 is 21.6 Å². The van der Waals surface area contributed by atoms with Crippen molar-refractivity contribution in [3.8, 4) is 17.6 Å². The Morgan fingerprint density at radius 2 is 1.70 bits per heavy atom. The van der Waals surface area contributed by atoms with Gasteiger partial charge in [-0.25, -0.2) is 0 Å². The number of rotatable bonds is 5. The molecule has 17 heteroatoms. The molecular formula is C80H98N2O13S2. The second-order valence-electron chi connectivity index (χ2n) is 35.6. The number of carbonyl (C=O) groups is 2. The topological polar surface area (TPSA) is 253 Å². The summed E-state index contributed by atoms with van der Waals surface area (Å²) in [6, 6.07) is 5.46. The lowest BCUT2D eigenvalue weighted by Crippen LogP contribution is -2.78. The number of allylic oxidation sites excluding steroid dienone is 6. The van der Waals surface area contributed by atoms with E-state index in [2.05, 4.69) is 92.6 Å². The van der Waals surface area contributed by atoms with Gasteiger partial charge in [-0.2, -0.15) is 0 Å². The maximum atomic E-state index is 18.0. The minimum Gasteiger partial charge on any atom is -0.508 e. The number of hydrogen-bond donors (Lipinski definition) is 10. The molecule has 0 radical (unpaired) electrons. The number of aromatic hydroxyl groups is 1. The molecule has 6 spiro atoms. The number of piperidine rings is 1. The summed E-state index contributed by atoms with van der Waals surface area (Å²) >= 11 is 0. The molecule has 1 aromatic carbocycles. The lowest BCUT2D eigenvalue weighted by atomic mass is 9.30. The minimum atomic E-state index is -2.08. The lowest BCUT2D eigenvalue weighted by molar-refractivity contribution is -0.235. The summed E-state index contributed by atoms with van der Waals surface area (Å²) in [7, 11) is 2.52. The first-order valence-corrected chi connectivity index (χ1v) is 39.6. The van der Waals surface area contributed by atoms with Gasteiger partial charge < -0.3 is 65.6 Å². The van der Waals surface area contributed by atoms with Gasteiger partial charge in [0.05, 0.1) is 66.2 Å². The number of aryl methyl sites for hydroxylation is 1. The summed E-state index contributed by atoms with van der Waals surface area (Å²) in [5.41, 5.74) is -12.6. The molecule has 1 aromatic rings. The summed E-state index contributed by atoms with van der Waals surface area (Å²) in [6.45, 7) is 7.91. The van der Waals surface area contributed by atoms with Crippen molar-refractivity contribution in [3.63, 3.8) is 0 Å². The number of amides is 1. The van der Waals surface area contributed by atoms with Crippen LogP contribution in [0.25, 0.3) is 0 Å². The Labute approximate surface area is 577 Å². The van der Waals surface area contributed by atoms with Gasteiger partial charge in [0.15, 0.2) is 5.78 Å². The Hall–Kier alpha value is -3.84. The van der Waals surface area contributed by atoms with Gasteiger partial charge in [0.25, 0.3) is 0 Å². The molecule has 9 fully saturated rings. The number of benzene rings is 1. The van der Waals surface area contributed by atoms with Crippen LogP contribution in [0.5, 0.6) is 5.75 Å². The number of hydrogen-bond acceptors (Lipinski definition) is 16. The quantitative estimate of drug-likeness (QED) is 0.0573. The van der Waals surface area contributed by atoms with Crippen LogP contribution in [0.1, 0.15) is 142 Å². The maximum absolute atomic E-state index is 18.0. The number of phenolic OH excluding ortho intramolecular Hbond substituents is 1. The van der Waals surface area contributed by atoms with Gasteiger partial charge >= 0.3 is 0 Å². The number of ketones is 1. The van der Waals surface area contributed by atoms with Crippen molar-refractivity contribution in [2.24, 2.45) is 103 Å². The third-order valence-corrected chi connectivity index (χ3v) is 35.1. The molecule has 28 atom stereocenters. The van der Waals surface area contributed by atoms with E-state index in [1.165, 1.54) is 16.4 Å². The summed E-state index contributed by atoms with van der Waals surface area (Å²) in [5, 5.41) is 124. The van der Waals surface area contributed by atoms with Crippen LogP contribution in [0.4, 0.5) is 5.69 Å². The van der Waals surface area contributed by atoms with E-state index >= 15 is 14.7 Å². The number of anilines is 1. The highest BCUT2D eigenvalue weighted by atomic mass is 33.1. The largest absolute Gasteiger partial charge is 0.508 e. The Morgan fingerprint density at radius 3 is 2.52 bits per heavy atom. The molecule has 1 amide bonds. The predicted octanol–water partition coefficient (Wildman–Crippen LogP) is 8.66. The minimum absolute atomic E-state index is 0.0175. The Kier molecular flexibility index (Phi) is 13.7. The third kappa shape index (κ3) is 7.45. The summed E-state index contributed by atoms with van der Waals surface area (Å²) in [6.07, 6.45) is 27.1. The number of nitrogens with one attached hydrogen (secondary N) is 1. The van der Waals surface area contributed by atoms with E-state index in [9.17, 15) is 40.9 Å². The number of ether oxygens (including phenoxy) is 2. The molecule has 21 rings (SSSR count). The lowest BCUT2D eigenvalue weighted by Gasteiger charge is -2.71. The van der Waals surface area contributed by atoms with Gasteiger partial charge in [0.2, 0.25) is 5.91 Å². The first-order chi connectivity index (χ1) is 46.4. The molecule has 15 nitrogen and oxygen atoms in total. The summed E-state index contributed by atoms with van der Waals surface area (Å²) in [5.74, 6) is 5.78. The molecule has 6 saturated carbocycles. The number of nitrogens with zero attached hydrogens (tertiary/aromatic N) is 1. The van der Waals surface area contributed by atoms with Gasteiger partial charge in [-0.1, -0.05) is 129 Å². The van der Waals surface area contributed by atoms with Crippen molar-refractivity contribution >= 4 is 39.0 Å². The zero-order valence-electron chi connectivity index (χ0n) is 56.5. The van der Waals surface area contributed by atoms with E-state index in [0.717, 1.165) is 54.0 Å². The Balaban J connectivity index is 0.832. The highest BCUT2D eigenvalue weighted by Gasteiger charge is 2.89. The monoisotopic (exact) mass is 1360 g/mol. The molecule has 97 heavy (non-hydrogen) atoms. The van der Waals surface area contributed by atoms with Crippen molar-refractivity contribution in [2.75, 3.05) is 37.0 Å². The predicted molar refractivity (Wildman–Crippen MR) is 367 cm³/mol. The van der Waals surface area contributed by atoms with Crippen LogP contribution in [0, 0.1) is 115 Å². The van der Waals surface area contributed by atoms with E-state index in [1.54, 1.807) is 18.2 Å². The van der Waals surface area contributed by atoms with Gasteiger partial charge in [-0.3, -0.25) is 9.59 Å². The average molecular weight is 1360 g/mol. The molecule has 0 unspecified atom stereocenters. The number of phenols is 1. The molecule has 12 aliphatic carbocycles. The van der Waals surface area contributed by atoms with Crippen LogP contribution in [0.3, 0.4) is 0 Å². The van der Waals surface area contributed by atoms with Gasteiger partial charge in [-0.05, 0) is 195 Å². The molecule has 518 valence electrons. The highest BCUT2D eigenvalue weighted by molar-refractivity contribution is 8.76. The first kappa shape index (κ1) is 64.0. The molecule has 0 aromatic heterocycles. The van der Waals surface area contributed by atoms with E-state index in [1.807, 2.05) is 17.9 Å². The van der Waals surface area contributed by atoms with Crippen LogP contribution in [-0.4, -0.2) is 154 Å². The number of fused-ring (bicyclic) bond motifs is 5.